The molecule has 1 heterocycles. The summed E-state index contributed by atoms with van der Waals surface area (Å²) >= 11 is 0. The molecule has 254 valence electrons. The molecule has 0 saturated heterocycles. The Hall–Kier alpha value is -4.87. The molecule has 1 aliphatic carbocycles. The van der Waals surface area contributed by atoms with Crippen LogP contribution in [0.25, 0.3) is 38.2 Å². The number of methoxy groups -OCH3 is 2. The van der Waals surface area contributed by atoms with E-state index in [4.69, 9.17) is 9.47 Å². The van der Waals surface area contributed by atoms with Crippen LogP contribution in [-0.4, -0.2) is 60.8 Å². The smallest absolute Gasteiger partial charge is 0.199 e. The summed E-state index contributed by atoms with van der Waals surface area (Å²) in [6.45, 7) is 9.52. The highest BCUT2D eigenvalue weighted by atomic mass is 28.3. The lowest BCUT2D eigenvalue weighted by molar-refractivity contribution is -0.462. The minimum absolute atomic E-state index is 0.732. The third kappa shape index (κ3) is 5.22. The fourth-order valence-electron chi connectivity index (χ4n) is 8.29. The molecule has 1 aliphatic heterocycles. The molecule has 0 bridgehead atoms. The molecule has 0 amide bonds. The van der Waals surface area contributed by atoms with Gasteiger partial charge < -0.3 is 14.4 Å². The summed E-state index contributed by atoms with van der Waals surface area (Å²) in [4.78, 5) is 2.21. The normalized spacial score (nSPS) is 14.8. The number of hydrogen-bond acceptors (Lipinski definition) is 3. The average Bonchev–Trinajstić information content (AvgIpc) is 3.12. The van der Waals surface area contributed by atoms with Gasteiger partial charge in [-0.3, -0.25) is 0 Å². The van der Waals surface area contributed by atoms with E-state index < -0.39 is 8.07 Å². The predicted molar refractivity (Wildman–Crippen MR) is 217 cm³/mol. The van der Waals surface area contributed by atoms with Crippen LogP contribution in [0.1, 0.15) is 36.1 Å². The third-order valence-electron chi connectivity index (χ3n) is 11.0. The van der Waals surface area contributed by atoms with Crippen LogP contribution in [0.5, 0.6) is 11.5 Å². The molecule has 5 aromatic carbocycles. The van der Waals surface area contributed by atoms with Gasteiger partial charge in [0.2, 0.25) is 0 Å². The molecular formula is C45H49N2O2Si+. The number of anilines is 1. The van der Waals surface area contributed by atoms with Crippen LogP contribution in [0.3, 0.4) is 0 Å². The van der Waals surface area contributed by atoms with Gasteiger partial charge in [-0.1, -0.05) is 69.4 Å². The summed E-state index contributed by atoms with van der Waals surface area (Å²) in [5.74, 6) is 1.49. The molecule has 5 aromatic rings. The number of ether oxygens (including phenoxy) is 2. The number of allylic oxidation sites excluding steroid dienone is 5. The second-order valence-electron chi connectivity index (χ2n) is 14.5. The van der Waals surface area contributed by atoms with E-state index in [1.807, 2.05) is 0 Å². The number of nitrogens with zero attached hydrogens (tertiary/aromatic N) is 2. The molecule has 0 unspecified atom stereocenters. The lowest BCUT2D eigenvalue weighted by Gasteiger charge is -2.38. The van der Waals surface area contributed by atoms with Crippen LogP contribution in [0.15, 0.2) is 102 Å². The maximum atomic E-state index is 6.25. The Kier molecular flexibility index (Phi) is 8.59. The number of benzene rings is 5. The van der Waals surface area contributed by atoms with E-state index >= 15 is 0 Å². The van der Waals surface area contributed by atoms with Crippen molar-refractivity contribution in [2.24, 2.45) is 0 Å². The summed E-state index contributed by atoms with van der Waals surface area (Å²) in [7, 11) is 9.90. The zero-order valence-electron chi connectivity index (χ0n) is 31.3. The first kappa shape index (κ1) is 33.6. The topological polar surface area (TPSA) is 24.7 Å². The second-order valence-corrected chi connectivity index (χ2v) is 18.8. The van der Waals surface area contributed by atoms with Crippen molar-refractivity contribution >= 4 is 51.8 Å². The van der Waals surface area contributed by atoms with E-state index in [1.165, 1.54) is 76.7 Å². The molecule has 0 aromatic heterocycles. The van der Waals surface area contributed by atoms with Gasteiger partial charge in [0.1, 0.15) is 22.2 Å². The van der Waals surface area contributed by atoms with Crippen molar-refractivity contribution in [3.05, 3.63) is 124 Å². The van der Waals surface area contributed by atoms with Gasteiger partial charge in [0.25, 0.3) is 0 Å². The summed E-state index contributed by atoms with van der Waals surface area (Å²) in [5.41, 5.74) is 12.3. The number of hydrogen-bond donors (Lipinski definition) is 0. The molecule has 7 rings (SSSR count). The Morgan fingerprint density at radius 1 is 0.700 bits per heavy atom. The van der Waals surface area contributed by atoms with Gasteiger partial charge in [0, 0.05) is 37.5 Å². The highest BCUT2D eigenvalue weighted by Gasteiger charge is 2.41. The van der Waals surface area contributed by atoms with E-state index in [1.54, 1.807) is 14.2 Å². The van der Waals surface area contributed by atoms with Crippen molar-refractivity contribution < 1.29 is 14.0 Å². The maximum Gasteiger partial charge on any atom is 0.199 e. The monoisotopic (exact) mass is 677 g/mol. The maximum absolute atomic E-state index is 6.25. The van der Waals surface area contributed by atoms with Crippen molar-refractivity contribution in [1.29, 1.82) is 0 Å². The molecule has 0 N–H and O–H groups in total. The Bertz CT molecular complexity index is 2330. The van der Waals surface area contributed by atoms with E-state index in [9.17, 15) is 0 Å². The number of aryl methyl sites for hydroxylation is 2. The van der Waals surface area contributed by atoms with Crippen LogP contribution in [0.4, 0.5) is 5.69 Å². The molecule has 0 atom stereocenters. The summed E-state index contributed by atoms with van der Waals surface area (Å²) in [6, 6.07) is 27.4. The van der Waals surface area contributed by atoms with Crippen molar-refractivity contribution in [2.45, 2.75) is 39.8 Å². The first-order valence-corrected chi connectivity index (χ1v) is 20.8. The standard InChI is InChI=1S/C45H49N2O2Si/c1-11-32-34-15-13-14-16-35(34)33(12-2)39-23-28(17-20-36(32)39)29-24-40(45(49-8)41(25-29)48-7)44-37-21-18-30(46(3)4)26-42(37)50(9,10)43-27-31(47(5)6)19-22-38(43)44/h13-27H,11-12H2,1-10H3/q+1. The summed E-state index contributed by atoms with van der Waals surface area (Å²) in [5, 5.41) is 8.27. The molecule has 0 saturated carbocycles. The summed E-state index contributed by atoms with van der Waals surface area (Å²) < 4.78 is 14.6. The van der Waals surface area contributed by atoms with Gasteiger partial charge in [-0.05, 0) is 120 Å². The molecule has 4 nitrogen and oxygen atoms in total. The van der Waals surface area contributed by atoms with Crippen LogP contribution < -0.4 is 19.6 Å². The van der Waals surface area contributed by atoms with Gasteiger partial charge in [-0.15, -0.1) is 0 Å². The van der Waals surface area contributed by atoms with Crippen LogP contribution in [0.2, 0.25) is 13.1 Å². The summed E-state index contributed by atoms with van der Waals surface area (Å²) in [6.07, 6.45) is 8.96. The lowest BCUT2D eigenvalue weighted by Crippen LogP contribution is -2.49. The lowest BCUT2D eigenvalue weighted by atomic mass is 9.86. The predicted octanol–water partition coefficient (Wildman–Crippen LogP) is 9.35. The van der Waals surface area contributed by atoms with Crippen LogP contribution >= 0.6 is 0 Å². The van der Waals surface area contributed by atoms with E-state index in [-0.39, 0.29) is 0 Å². The van der Waals surface area contributed by atoms with Crippen molar-refractivity contribution in [1.82, 2.24) is 0 Å². The molecule has 0 radical (unpaired) electrons. The van der Waals surface area contributed by atoms with E-state index in [0.717, 1.165) is 35.5 Å². The molecule has 50 heavy (non-hydrogen) atoms. The van der Waals surface area contributed by atoms with Crippen LogP contribution in [0, 0.1) is 0 Å². The average molecular weight is 678 g/mol. The third-order valence-corrected chi connectivity index (χ3v) is 14.5. The van der Waals surface area contributed by atoms with Gasteiger partial charge in [0.15, 0.2) is 17.2 Å². The zero-order valence-corrected chi connectivity index (χ0v) is 32.3. The molecular weight excluding hydrogens is 629 g/mol. The highest BCUT2D eigenvalue weighted by Crippen LogP contribution is 2.48. The van der Waals surface area contributed by atoms with Crippen LogP contribution in [-0.2, 0) is 12.8 Å². The molecule has 0 spiro atoms. The molecule has 0 fully saturated rings. The Morgan fingerprint density at radius 3 is 2.00 bits per heavy atom. The number of fused-ring (bicyclic) bond motifs is 4. The van der Waals surface area contributed by atoms with E-state index in [0.29, 0.717) is 0 Å². The van der Waals surface area contributed by atoms with Gasteiger partial charge in [-0.25, -0.2) is 4.58 Å². The van der Waals surface area contributed by atoms with Crippen molar-refractivity contribution in [2.75, 3.05) is 47.3 Å². The quantitative estimate of drug-likeness (QED) is 0.0975. The minimum Gasteiger partial charge on any atom is -0.493 e. The zero-order chi connectivity index (χ0) is 35.5. The fourth-order valence-corrected chi connectivity index (χ4v) is 11.4. The van der Waals surface area contributed by atoms with Crippen molar-refractivity contribution in [3.8, 4) is 22.6 Å². The van der Waals surface area contributed by atoms with Gasteiger partial charge in [0.05, 0.1) is 14.2 Å². The van der Waals surface area contributed by atoms with E-state index in [2.05, 4.69) is 156 Å². The van der Waals surface area contributed by atoms with Crippen molar-refractivity contribution in [3.63, 3.8) is 0 Å². The number of rotatable bonds is 7. The second kappa shape index (κ2) is 12.8. The van der Waals surface area contributed by atoms with Gasteiger partial charge in [-0.2, -0.15) is 0 Å². The fraction of sp³-hybridized carbons (Fsp3) is 0.267. The SMILES string of the molecule is CCc1c2ccccc2c(CC)c2cc(-c3cc(OC)c(OC)c(C4=C5C=CC(=[N+](C)C)C=C5[Si](C)(C)c5cc(N(C)C)ccc54)c3)ccc12. The highest BCUT2D eigenvalue weighted by molar-refractivity contribution is 6.98. The molecule has 5 heteroatoms. The first-order valence-electron chi connectivity index (χ1n) is 17.8. The first-order chi connectivity index (χ1) is 24.0. The largest absolute Gasteiger partial charge is 0.493 e. The Morgan fingerprint density at radius 2 is 1.38 bits per heavy atom. The minimum atomic E-state index is -2.11. The Labute approximate surface area is 298 Å². The van der Waals surface area contributed by atoms with Gasteiger partial charge >= 0.3 is 0 Å². The molecule has 2 aliphatic rings. The Balaban J connectivity index is 1.54.